The van der Waals surface area contributed by atoms with Crippen molar-refractivity contribution in [2.24, 2.45) is 0 Å². The van der Waals surface area contributed by atoms with Crippen LogP contribution in [0.15, 0.2) is 16.7 Å². The van der Waals surface area contributed by atoms with Crippen LogP contribution in [0.2, 0.25) is 0 Å². The monoisotopic (exact) mass is 174 g/mol. The Kier molecular flexibility index (Phi) is 1.58. The van der Waals surface area contributed by atoms with Gasteiger partial charge in [0, 0.05) is 6.07 Å². The molecule has 0 aliphatic carbocycles. The lowest BCUT2D eigenvalue weighted by Gasteiger charge is -1.84. The summed E-state index contributed by atoms with van der Waals surface area (Å²) in [5.41, 5.74) is 0. The molecule has 0 saturated carbocycles. The molecule has 1 heterocycles. The fourth-order valence-electron chi connectivity index (χ4n) is 0.343. The molecule has 0 aliphatic heterocycles. The van der Waals surface area contributed by atoms with Crippen molar-refractivity contribution in [1.82, 2.24) is 4.98 Å². The van der Waals surface area contributed by atoms with Crippen LogP contribution in [0.1, 0.15) is 0 Å². The molecule has 1 rings (SSSR count). The van der Waals surface area contributed by atoms with Gasteiger partial charge < -0.3 is 0 Å². The van der Waals surface area contributed by atoms with Crippen LogP contribution in [-0.2, 0) is 0 Å². The molecule has 0 aromatic carbocycles. The number of halogens is 2. The quantitative estimate of drug-likeness (QED) is 0.547. The minimum absolute atomic E-state index is 0.494. The number of nitrogens with zero attached hydrogens (tertiary/aromatic N) is 1. The van der Waals surface area contributed by atoms with Crippen LogP contribution in [0.4, 0.5) is 4.39 Å². The third-order valence-electron chi connectivity index (χ3n) is 0.628. The average molecular weight is 175 g/mol. The second-order valence-electron chi connectivity index (χ2n) is 1.20. The standard InChI is InChI=1S/C5H2BrFN/c6-4-2-1-3-5(7)8-4/h1-2H. The summed E-state index contributed by atoms with van der Waals surface area (Å²) < 4.78 is 12.5. The van der Waals surface area contributed by atoms with Gasteiger partial charge in [0.2, 0.25) is 5.95 Å². The van der Waals surface area contributed by atoms with E-state index < -0.39 is 5.95 Å². The van der Waals surface area contributed by atoms with E-state index in [2.05, 4.69) is 27.0 Å². The molecule has 1 aromatic rings. The van der Waals surface area contributed by atoms with Gasteiger partial charge in [-0.1, -0.05) is 0 Å². The topological polar surface area (TPSA) is 12.9 Å². The van der Waals surface area contributed by atoms with Crippen LogP contribution in [0, 0.1) is 12.0 Å². The second kappa shape index (κ2) is 2.22. The van der Waals surface area contributed by atoms with Crippen molar-refractivity contribution in [2.45, 2.75) is 0 Å². The van der Waals surface area contributed by atoms with E-state index in [9.17, 15) is 4.39 Å². The van der Waals surface area contributed by atoms with E-state index in [0.717, 1.165) is 0 Å². The van der Waals surface area contributed by atoms with E-state index in [0.29, 0.717) is 4.60 Å². The molecule has 1 aromatic heterocycles. The number of rotatable bonds is 0. The van der Waals surface area contributed by atoms with Gasteiger partial charge >= 0.3 is 0 Å². The maximum absolute atomic E-state index is 12.0. The first kappa shape index (κ1) is 5.69. The minimum Gasteiger partial charge on any atom is -0.212 e. The lowest BCUT2D eigenvalue weighted by atomic mass is 10.5. The van der Waals surface area contributed by atoms with Gasteiger partial charge in [-0.05, 0) is 28.1 Å². The van der Waals surface area contributed by atoms with Crippen molar-refractivity contribution in [1.29, 1.82) is 0 Å². The molecule has 41 valence electrons. The normalized spacial score (nSPS) is 9.25. The van der Waals surface area contributed by atoms with E-state index in [1.54, 1.807) is 6.07 Å². The highest BCUT2D eigenvalue weighted by Crippen LogP contribution is 2.03. The first-order valence-electron chi connectivity index (χ1n) is 1.99. The van der Waals surface area contributed by atoms with E-state index in [1.807, 2.05) is 0 Å². The summed E-state index contributed by atoms with van der Waals surface area (Å²) in [4.78, 5) is 3.37. The molecule has 1 nitrogen and oxygen atoms in total. The lowest BCUT2D eigenvalue weighted by Crippen LogP contribution is -1.79. The Morgan fingerprint density at radius 2 is 2.50 bits per heavy atom. The van der Waals surface area contributed by atoms with Crippen LogP contribution in [0.3, 0.4) is 0 Å². The Morgan fingerprint density at radius 1 is 1.75 bits per heavy atom. The summed E-state index contributed by atoms with van der Waals surface area (Å²) in [6.07, 6.45) is 0. The van der Waals surface area contributed by atoms with Crippen LogP contribution in [0.5, 0.6) is 0 Å². The minimum atomic E-state index is -0.584. The van der Waals surface area contributed by atoms with Crippen molar-refractivity contribution >= 4 is 15.9 Å². The number of pyridine rings is 1. The Morgan fingerprint density at radius 3 is 2.88 bits per heavy atom. The summed E-state index contributed by atoms with van der Waals surface area (Å²) in [6.45, 7) is 0. The first-order valence-corrected chi connectivity index (χ1v) is 2.78. The molecular formula is C5H2BrFN. The zero-order valence-corrected chi connectivity index (χ0v) is 5.44. The van der Waals surface area contributed by atoms with Gasteiger partial charge in [0.25, 0.3) is 0 Å². The van der Waals surface area contributed by atoms with Crippen LogP contribution >= 0.6 is 15.9 Å². The summed E-state index contributed by atoms with van der Waals surface area (Å²) >= 11 is 2.99. The fraction of sp³-hybridized carbons (Fsp3) is 0. The highest BCUT2D eigenvalue weighted by Gasteiger charge is 1.88. The molecule has 1 radical (unpaired) electrons. The largest absolute Gasteiger partial charge is 0.221 e. The number of hydrogen-bond acceptors (Lipinski definition) is 1. The molecule has 0 atom stereocenters. The van der Waals surface area contributed by atoms with Crippen molar-refractivity contribution in [3.63, 3.8) is 0 Å². The molecule has 0 saturated heterocycles. The summed E-state index contributed by atoms with van der Waals surface area (Å²) in [5.74, 6) is -0.584. The second-order valence-corrected chi connectivity index (χ2v) is 2.02. The van der Waals surface area contributed by atoms with Gasteiger partial charge in [-0.3, -0.25) is 0 Å². The van der Waals surface area contributed by atoms with Gasteiger partial charge in [0.1, 0.15) is 4.60 Å². The number of aromatic nitrogens is 1. The molecule has 0 N–H and O–H groups in total. The predicted octanol–water partition coefficient (Wildman–Crippen LogP) is 1.78. The predicted molar refractivity (Wildman–Crippen MR) is 30.7 cm³/mol. The van der Waals surface area contributed by atoms with Gasteiger partial charge in [-0.25, -0.2) is 4.98 Å². The van der Waals surface area contributed by atoms with Crippen molar-refractivity contribution in [2.75, 3.05) is 0 Å². The third kappa shape index (κ3) is 1.26. The molecule has 8 heavy (non-hydrogen) atoms. The maximum atomic E-state index is 12.0. The zero-order chi connectivity index (χ0) is 5.98. The molecule has 0 aliphatic rings. The highest BCUT2D eigenvalue weighted by atomic mass is 79.9. The molecule has 0 spiro atoms. The van der Waals surface area contributed by atoms with Crippen LogP contribution in [-0.4, -0.2) is 4.98 Å². The molecule has 0 bridgehead atoms. The maximum Gasteiger partial charge on any atom is 0.221 e. The summed E-state index contributed by atoms with van der Waals surface area (Å²) in [6, 6.07) is 5.34. The van der Waals surface area contributed by atoms with Crippen molar-refractivity contribution in [3.05, 3.63) is 28.7 Å². The van der Waals surface area contributed by atoms with Gasteiger partial charge in [-0.2, -0.15) is 4.39 Å². The van der Waals surface area contributed by atoms with Crippen molar-refractivity contribution < 1.29 is 4.39 Å². The van der Waals surface area contributed by atoms with E-state index in [4.69, 9.17) is 0 Å². The Hall–Kier alpha value is -0.440. The third-order valence-corrected chi connectivity index (χ3v) is 1.07. The molecule has 3 heteroatoms. The molecule has 0 fully saturated rings. The van der Waals surface area contributed by atoms with Crippen LogP contribution < -0.4 is 0 Å². The Bertz CT molecular complexity index is 172. The molecular weight excluding hydrogens is 173 g/mol. The summed E-state index contributed by atoms with van der Waals surface area (Å²) in [5, 5.41) is 0. The SMILES string of the molecule is Fc1[c]ccc(Br)n1. The van der Waals surface area contributed by atoms with E-state index in [-0.39, 0.29) is 0 Å². The van der Waals surface area contributed by atoms with Gasteiger partial charge in [-0.15, -0.1) is 0 Å². The highest BCUT2D eigenvalue weighted by molar-refractivity contribution is 9.10. The van der Waals surface area contributed by atoms with E-state index >= 15 is 0 Å². The van der Waals surface area contributed by atoms with Gasteiger partial charge in [0.05, 0.1) is 0 Å². The average Bonchev–Trinajstić information content (AvgIpc) is 1.64. The summed E-state index contributed by atoms with van der Waals surface area (Å²) in [7, 11) is 0. The van der Waals surface area contributed by atoms with Crippen LogP contribution in [0.25, 0.3) is 0 Å². The Labute approximate surface area is 54.7 Å². The first-order chi connectivity index (χ1) is 3.79. The Balaban J connectivity index is 3.08. The zero-order valence-electron chi connectivity index (χ0n) is 3.86. The number of hydrogen-bond donors (Lipinski definition) is 0. The lowest BCUT2D eigenvalue weighted by molar-refractivity contribution is 0.578. The molecule has 0 amide bonds. The fourth-order valence-corrected chi connectivity index (χ4v) is 0.630. The van der Waals surface area contributed by atoms with E-state index in [1.165, 1.54) is 6.07 Å². The molecule has 0 unspecified atom stereocenters. The van der Waals surface area contributed by atoms with Gasteiger partial charge in [0.15, 0.2) is 0 Å². The smallest absolute Gasteiger partial charge is 0.212 e. The van der Waals surface area contributed by atoms with Crippen molar-refractivity contribution in [3.8, 4) is 0 Å².